The number of aryl methyl sites for hydroxylation is 1. The van der Waals surface area contributed by atoms with Crippen molar-refractivity contribution >= 4 is 38.7 Å². The number of anilines is 1. The maximum Gasteiger partial charge on any atom is 0.250 e. The summed E-state index contributed by atoms with van der Waals surface area (Å²) in [6.45, 7) is 5.95. The molecule has 0 spiro atoms. The Morgan fingerprint density at radius 2 is 2.00 bits per heavy atom. The lowest BCUT2D eigenvalue weighted by molar-refractivity contribution is -0.111. The summed E-state index contributed by atoms with van der Waals surface area (Å²) in [7, 11) is 1.59. The summed E-state index contributed by atoms with van der Waals surface area (Å²) in [5.74, 6) is 1.08. The normalized spacial score (nSPS) is 11.3. The Balaban J connectivity index is 1.70. The van der Waals surface area contributed by atoms with E-state index in [1.165, 1.54) is 23.0 Å². The second kappa shape index (κ2) is 8.22. The molecular weight excluding hydrogens is 360 g/mol. The van der Waals surface area contributed by atoms with Crippen molar-refractivity contribution in [3.8, 4) is 11.5 Å². The van der Waals surface area contributed by atoms with Crippen molar-refractivity contribution in [2.75, 3.05) is 12.4 Å². The largest absolute Gasteiger partial charge is 0.493 e. The molecule has 3 rings (SSSR count). The summed E-state index contributed by atoms with van der Waals surface area (Å²) in [6, 6.07) is 11.6. The summed E-state index contributed by atoms with van der Waals surface area (Å²) in [4.78, 5) is 16.6. The molecule has 1 amide bonds. The van der Waals surface area contributed by atoms with Gasteiger partial charge in [0.15, 0.2) is 16.6 Å². The minimum Gasteiger partial charge on any atom is -0.493 e. The smallest absolute Gasteiger partial charge is 0.250 e. The fourth-order valence-electron chi connectivity index (χ4n) is 2.54. The zero-order valence-electron chi connectivity index (χ0n) is 15.8. The molecule has 1 N–H and O–H groups in total. The van der Waals surface area contributed by atoms with E-state index < -0.39 is 0 Å². The number of aromatic nitrogens is 1. The number of carbonyl (C=O) groups is 1. The minimum atomic E-state index is -0.229. The predicted octanol–water partition coefficient (Wildman–Crippen LogP) is 5.05. The van der Waals surface area contributed by atoms with Gasteiger partial charge in [-0.15, -0.1) is 0 Å². The van der Waals surface area contributed by atoms with Crippen LogP contribution in [-0.2, 0) is 4.79 Å². The lowest BCUT2D eigenvalue weighted by Gasteiger charge is -2.13. The molecule has 5 nitrogen and oxygen atoms in total. The van der Waals surface area contributed by atoms with E-state index in [1.807, 2.05) is 51.1 Å². The Labute approximate surface area is 162 Å². The third-order valence-corrected chi connectivity index (χ3v) is 4.69. The van der Waals surface area contributed by atoms with E-state index in [9.17, 15) is 4.79 Å². The van der Waals surface area contributed by atoms with E-state index in [-0.39, 0.29) is 12.0 Å². The van der Waals surface area contributed by atoms with E-state index in [0.717, 1.165) is 15.8 Å². The second-order valence-corrected chi connectivity index (χ2v) is 7.42. The fraction of sp³-hybridized carbons (Fsp3) is 0.238. The van der Waals surface area contributed by atoms with Gasteiger partial charge in [-0.05, 0) is 62.2 Å². The van der Waals surface area contributed by atoms with E-state index in [2.05, 4.69) is 16.4 Å². The van der Waals surface area contributed by atoms with Crippen molar-refractivity contribution < 1.29 is 14.3 Å². The first-order chi connectivity index (χ1) is 12.9. The van der Waals surface area contributed by atoms with Gasteiger partial charge in [-0.1, -0.05) is 23.5 Å². The van der Waals surface area contributed by atoms with Gasteiger partial charge in [0.1, 0.15) is 0 Å². The molecule has 0 atom stereocenters. The van der Waals surface area contributed by atoms with E-state index >= 15 is 0 Å². The molecule has 27 heavy (non-hydrogen) atoms. The van der Waals surface area contributed by atoms with Gasteiger partial charge in [0.05, 0.1) is 23.4 Å². The molecule has 0 saturated heterocycles. The van der Waals surface area contributed by atoms with Crippen LogP contribution in [0.25, 0.3) is 16.3 Å². The van der Waals surface area contributed by atoms with Crippen LogP contribution in [0.3, 0.4) is 0 Å². The Bertz CT molecular complexity index is 992. The highest BCUT2D eigenvalue weighted by Crippen LogP contribution is 2.30. The van der Waals surface area contributed by atoms with Crippen LogP contribution in [0.1, 0.15) is 25.0 Å². The zero-order chi connectivity index (χ0) is 19.4. The molecule has 0 unspecified atom stereocenters. The second-order valence-electron chi connectivity index (χ2n) is 6.39. The van der Waals surface area contributed by atoms with Crippen LogP contribution >= 0.6 is 11.3 Å². The predicted molar refractivity (Wildman–Crippen MR) is 111 cm³/mol. The zero-order valence-corrected chi connectivity index (χ0v) is 16.6. The number of benzene rings is 2. The average Bonchev–Trinajstić information content (AvgIpc) is 3.01. The average molecular weight is 382 g/mol. The van der Waals surface area contributed by atoms with Gasteiger partial charge in [-0.3, -0.25) is 10.1 Å². The molecule has 1 aromatic heterocycles. The first kappa shape index (κ1) is 18.9. The van der Waals surface area contributed by atoms with Crippen molar-refractivity contribution in [3.63, 3.8) is 0 Å². The van der Waals surface area contributed by atoms with E-state index in [1.54, 1.807) is 13.2 Å². The van der Waals surface area contributed by atoms with Crippen molar-refractivity contribution in [1.82, 2.24) is 4.98 Å². The maximum absolute atomic E-state index is 12.2. The van der Waals surface area contributed by atoms with Crippen LogP contribution in [0, 0.1) is 6.92 Å². The van der Waals surface area contributed by atoms with Crippen LogP contribution in [0.5, 0.6) is 11.5 Å². The van der Waals surface area contributed by atoms with Gasteiger partial charge in [0.25, 0.3) is 0 Å². The Morgan fingerprint density at radius 3 is 2.74 bits per heavy atom. The van der Waals surface area contributed by atoms with Gasteiger partial charge < -0.3 is 9.47 Å². The van der Waals surface area contributed by atoms with Crippen molar-refractivity contribution in [1.29, 1.82) is 0 Å². The highest BCUT2D eigenvalue weighted by atomic mass is 32.1. The Hall–Kier alpha value is -2.86. The fourth-order valence-corrected chi connectivity index (χ4v) is 3.51. The standard InChI is InChI=1S/C21H22N2O3S/c1-13(2)26-17-9-6-15(12-18(17)25-4)7-10-20(24)23-21-22-16-8-5-14(3)11-19(16)27-21/h5-13H,1-4H3,(H,22,23,24)/b10-7+. The third kappa shape index (κ3) is 4.86. The SMILES string of the molecule is COc1cc(/C=C/C(=O)Nc2nc3ccc(C)cc3s2)ccc1OC(C)C. The van der Waals surface area contributed by atoms with Crippen molar-refractivity contribution in [3.05, 3.63) is 53.6 Å². The number of hydrogen-bond donors (Lipinski definition) is 1. The maximum atomic E-state index is 12.2. The van der Waals surface area contributed by atoms with Crippen LogP contribution in [0.15, 0.2) is 42.5 Å². The van der Waals surface area contributed by atoms with Gasteiger partial charge >= 0.3 is 0 Å². The van der Waals surface area contributed by atoms with Crippen LogP contribution in [0.4, 0.5) is 5.13 Å². The lowest BCUT2D eigenvalue weighted by atomic mass is 10.2. The van der Waals surface area contributed by atoms with Crippen molar-refractivity contribution in [2.24, 2.45) is 0 Å². The number of thiazole rings is 1. The Morgan fingerprint density at radius 1 is 1.19 bits per heavy atom. The molecule has 2 aromatic carbocycles. The Kier molecular flexibility index (Phi) is 5.76. The molecule has 0 aliphatic carbocycles. The number of carbonyl (C=O) groups excluding carboxylic acids is 1. The molecular formula is C21H22N2O3S. The summed E-state index contributed by atoms with van der Waals surface area (Å²) in [6.07, 6.45) is 3.27. The first-order valence-electron chi connectivity index (χ1n) is 8.65. The number of ether oxygens (including phenoxy) is 2. The minimum absolute atomic E-state index is 0.0590. The number of rotatable bonds is 6. The summed E-state index contributed by atoms with van der Waals surface area (Å²) in [5, 5.41) is 3.40. The quantitative estimate of drug-likeness (QED) is 0.606. The van der Waals surface area contributed by atoms with Gasteiger partial charge in [-0.2, -0.15) is 0 Å². The molecule has 0 aliphatic heterocycles. The molecule has 1 heterocycles. The molecule has 0 fully saturated rings. The van der Waals surface area contributed by atoms with Crippen LogP contribution in [0.2, 0.25) is 0 Å². The highest BCUT2D eigenvalue weighted by molar-refractivity contribution is 7.22. The number of nitrogens with one attached hydrogen (secondary N) is 1. The number of fused-ring (bicyclic) bond motifs is 1. The monoisotopic (exact) mass is 382 g/mol. The van der Waals surface area contributed by atoms with Crippen molar-refractivity contribution in [2.45, 2.75) is 26.9 Å². The van der Waals surface area contributed by atoms with E-state index in [4.69, 9.17) is 9.47 Å². The molecule has 3 aromatic rings. The number of nitrogens with zero attached hydrogens (tertiary/aromatic N) is 1. The van der Waals surface area contributed by atoms with Gasteiger partial charge in [0.2, 0.25) is 5.91 Å². The van der Waals surface area contributed by atoms with Crippen LogP contribution < -0.4 is 14.8 Å². The van der Waals surface area contributed by atoms with Crippen LogP contribution in [-0.4, -0.2) is 24.1 Å². The molecule has 0 bridgehead atoms. The van der Waals surface area contributed by atoms with Gasteiger partial charge in [-0.25, -0.2) is 4.98 Å². The number of methoxy groups -OCH3 is 1. The summed E-state index contributed by atoms with van der Waals surface area (Å²) < 4.78 is 12.1. The molecule has 0 saturated carbocycles. The molecule has 0 aliphatic rings. The lowest BCUT2D eigenvalue weighted by Crippen LogP contribution is -2.07. The first-order valence-corrected chi connectivity index (χ1v) is 9.47. The molecule has 140 valence electrons. The highest BCUT2D eigenvalue weighted by Gasteiger charge is 2.08. The number of amides is 1. The number of hydrogen-bond acceptors (Lipinski definition) is 5. The topological polar surface area (TPSA) is 60.5 Å². The third-order valence-electron chi connectivity index (χ3n) is 3.75. The molecule has 0 radical (unpaired) electrons. The summed E-state index contributed by atoms with van der Waals surface area (Å²) in [5.41, 5.74) is 2.90. The van der Waals surface area contributed by atoms with E-state index in [0.29, 0.717) is 16.6 Å². The van der Waals surface area contributed by atoms with Gasteiger partial charge in [0, 0.05) is 6.08 Å². The molecule has 6 heteroatoms. The summed E-state index contributed by atoms with van der Waals surface area (Å²) >= 11 is 1.46.